The van der Waals surface area contributed by atoms with Crippen molar-refractivity contribution < 1.29 is 0 Å². The third kappa shape index (κ3) is 3.93. The van der Waals surface area contributed by atoms with Gasteiger partial charge in [0.25, 0.3) is 0 Å². The van der Waals surface area contributed by atoms with E-state index in [4.69, 9.17) is 5.73 Å². The van der Waals surface area contributed by atoms with Crippen LogP contribution in [0.15, 0.2) is 54.6 Å². The average Bonchev–Trinajstić information content (AvgIpc) is 2.46. The van der Waals surface area contributed by atoms with Gasteiger partial charge >= 0.3 is 0 Å². The third-order valence-corrected chi connectivity index (χ3v) is 3.68. The molecule has 0 aliphatic carbocycles. The molecule has 2 aromatic rings. The molecule has 0 fully saturated rings. The Morgan fingerprint density at radius 1 is 0.842 bits per heavy atom. The van der Waals surface area contributed by atoms with Crippen LogP contribution in [-0.2, 0) is 6.42 Å². The normalized spacial score (nSPS) is 12.6. The molecule has 0 spiro atoms. The van der Waals surface area contributed by atoms with Gasteiger partial charge in [0, 0.05) is 6.04 Å². The average molecular weight is 253 g/mol. The number of benzene rings is 2. The lowest BCUT2D eigenvalue weighted by Gasteiger charge is -2.15. The standard InChI is InChI=1S/C18H23N/c1-14(2)18(19)13-10-15-8-11-17(12-9-15)16-6-4-3-5-7-16/h3-9,11-12,14,18H,10,13,19H2,1-2H3. The minimum absolute atomic E-state index is 0.300. The van der Waals surface area contributed by atoms with E-state index in [-0.39, 0.29) is 0 Å². The molecule has 1 atom stereocenters. The lowest BCUT2D eigenvalue weighted by Crippen LogP contribution is -2.26. The summed E-state index contributed by atoms with van der Waals surface area (Å²) in [5.41, 5.74) is 10.0. The second-order valence-electron chi connectivity index (χ2n) is 5.51. The van der Waals surface area contributed by atoms with Gasteiger partial charge in [-0.3, -0.25) is 0 Å². The molecule has 0 heterocycles. The summed E-state index contributed by atoms with van der Waals surface area (Å²) in [5.74, 6) is 0.559. The van der Waals surface area contributed by atoms with Gasteiger partial charge in [0.1, 0.15) is 0 Å². The van der Waals surface area contributed by atoms with Crippen LogP contribution >= 0.6 is 0 Å². The zero-order valence-electron chi connectivity index (χ0n) is 11.8. The summed E-state index contributed by atoms with van der Waals surface area (Å²) in [4.78, 5) is 0. The largest absolute Gasteiger partial charge is 0.327 e. The summed E-state index contributed by atoms with van der Waals surface area (Å²) in [7, 11) is 0. The Bertz CT molecular complexity index is 485. The van der Waals surface area contributed by atoms with Gasteiger partial charge in [0.2, 0.25) is 0 Å². The van der Waals surface area contributed by atoms with Crippen molar-refractivity contribution in [2.75, 3.05) is 0 Å². The highest BCUT2D eigenvalue weighted by Gasteiger charge is 2.07. The molecule has 1 nitrogen and oxygen atoms in total. The molecular weight excluding hydrogens is 230 g/mol. The molecule has 1 unspecified atom stereocenters. The summed E-state index contributed by atoms with van der Waals surface area (Å²) in [6.07, 6.45) is 2.12. The molecule has 0 aliphatic heterocycles. The molecule has 0 aromatic heterocycles. The second-order valence-corrected chi connectivity index (χ2v) is 5.51. The molecule has 0 saturated carbocycles. The van der Waals surface area contributed by atoms with Gasteiger partial charge in [-0.2, -0.15) is 0 Å². The van der Waals surface area contributed by atoms with Crippen LogP contribution in [0.5, 0.6) is 0 Å². The number of rotatable bonds is 5. The summed E-state index contributed by atoms with van der Waals surface area (Å²) in [6.45, 7) is 4.37. The maximum absolute atomic E-state index is 6.09. The molecule has 100 valence electrons. The van der Waals surface area contributed by atoms with Crippen LogP contribution in [0.4, 0.5) is 0 Å². The van der Waals surface area contributed by atoms with Crippen LogP contribution in [0.25, 0.3) is 11.1 Å². The van der Waals surface area contributed by atoms with E-state index in [1.165, 1.54) is 16.7 Å². The van der Waals surface area contributed by atoms with E-state index in [2.05, 4.69) is 62.4 Å². The van der Waals surface area contributed by atoms with Gasteiger partial charge in [-0.15, -0.1) is 0 Å². The first kappa shape index (κ1) is 13.8. The predicted octanol–water partition coefficient (Wildman–Crippen LogP) is 4.27. The van der Waals surface area contributed by atoms with Gasteiger partial charge in [-0.1, -0.05) is 68.4 Å². The van der Waals surface area contributed by atoms with Crippen molar-refractivity contribution in [3.8, 4) is 11.1 Å². The van der Waals surface area contributed by atoms with E-state index in [1.54, 1.807) is 0 Å². The molecule has 0 amide bonds. The summed E-state index contributed by atoms with van der Waals surface area (Å²) >= 11 is 0. The maximum atomic E-state index is 6.09. The smallest absolute Gasteiger partial charge is 0.00650 e. The fraction of sp³-hybridized carbons (Fsp3) is 0.333. The third-order valence-electron chi connectivity index (χ3n) is 3.68. The van der Waals surface area contributed by atoms with Gasteiger partial charge in [-0.25, -0.2) is 0 Å². The van der Waals surface area contributed by atoms with Crippen molar-refractivity contribution in [1.82, 2.24) is 0 Å². The number of hydrogen-bond donors (Lipinski definition) is 1. The van der Waals surface area contributed by atoms with E-state index >= 15 is 0 Å². The molecular formula is C18H23N. The molecule has 2 aromatic carbocycles. The Hall–Kier alpha value is -1.60. The highest BCUT2D eigenvalue weighted by atomic mass is 14.6. The Balaban J connectivity index is 1.99. The van der Waals surface area contributed by atoms with Gasteiger partial charge in [-0.05, 0) is 35.4 Å². The highest BCUT2D eigenvalue weighted by molar-refractivity contribution is 5.63. The van der Waals surface area contributed by atoms with Crippen LogP contribution in [0.2, 0.25) is 0 Å². The van der Waals surface area contributed by atoms with E-state index in [0.29, 0.717) is 12.0 Å². The van der Waals surface area contributed by atoms with Crippen LogP contribution in [0.1, 0.15) is 25.8 Å². The Morgan fingerprint density at radius 2 is 1.42 bits per heavy atom. The second kappa shape index (κ2) is 6.53. The summed E-state index contributed by atoms with van der Waals surface area (Å²) in [5, 5.41) is 0. The molecule has 0 radical (unpaired) electrons. The molecule has 0 bridgehead atoms. The molecule has 19 heavy (non-hydrogen) atoms. The van der Waals surface area contributed by atoms with Crippen LogP contribution in [0.3, 0.4) is 0 Å². The molecule has 2 rings (SSSR count). The number of aryl methyl sites for hydroxylation is 1. The zero-order valence-corrected chi connectivity index (χ0v) is 11.8. The summed E-state index contributed by atoms with van der Waals surface area (Å²) in [6, 6.07) is 19.6. The van der Waals surface area contributed by atoms with Crippen molar-refractivity contribution in [3.63, 3.8) is 0 Å². The van der Waals surface area contributed by atoms with Crippen molar-refractivity contribution in [2.24, 2.45) is 11.7 Å². The lowest BCUT2D eigenvalue weighted by atomic mass is 9.96. The van der Waals surface area contributed by atoms with Gasteiger partial charge < -0.3 is 5.73 Å². The molecule has 1 heteroatoms. The first-order valence-electron chi connectivity index (χ1n) is 7.07. The fourth-order valence-electron chi connectivity index (χ4n) is 2.16. The Labute approximate surface area is 116 Å². The predicted molar refractivity (Wildman–Crippen MR) is 83.0 cm³/mol. The monoisotopic (exact) mass is 253 g/mol. The number of nitrogens with two attached hydrogens (primary N) is 1. The topological polar surface area (TPSA) is 26.0 Å². The maximum Gasteiger partial charge on any atom is 0.00650 e. The van der Waals surface area contributed by atoms with Crippen LogP contribution in [-0.4, -0.2) is 6.04 Å². The first-order chi connectivity index (χ1) is 9.16. The number of hydrogen-bond acceptors (Lipinski definition) is 1. The quantitative estimate of drug-likeness (QED) is 0.846. The minimum Gasteiger partial charge on any atom is -0.327 e. The van der Waals surface area contributed by atoms with Crippen LogP contribution < -0.4 is 5.73 Å². The van der Waals surface area contributed by atoms with E-state index in [1.807, 2.05) is 6.07 Å². The molecule has 0 saturated heterocycles. The SMILES string of the molecule is CC(C)C(N)CCc1ccc(-c2ccccc2)cc1. The van der Waals surface area contributed by atoms with E-state index < -0.39 is 0 Å². The lowest BCUT2D eigenvalue weighted by molar-refractivity contribution is 0.464. The fourth-order valence-corrected chi connectivity index (χ4v) is 2.16. The highest BCUT2D eigenvalue weighted by Crippen LogP contribution is 2.20. The minimum atomic E-state index is 0.300. The van der Waals surface area contributed by atoms with Crippen molar-refractivity contribution in [3.05, 3.63) is 60.2 Å². The van der Waals surface area contributed by atoms with Crippen molar-refractivity contribution >= 4 is 0 Å². The van der Waals surface area contributed by atoms with Gasteiger partial charge in [0.05, 0.1) is 0 Å². The molecule has 0 aliphatic rings. The Morgan fingerprint density at radius 3 is 2.00 bits per heavy atom. The van der Waals surface area contributed by atoms with Gasteiger partial charge in [0.15, 0.2) is 0 Å². The zero-order chi connectivity index (χ0) is 13.7. The first-order valence-corrected chi connectivity index (χ1v) is 7.07. The van der Waals surface area contributed by atoms with Crippen molar-refractivity contribution in [1.29, 1.82) is 0 Å². The summed E-state index contributed by atoms with van der Waals surface area (Å²) < 4.78 is 0. The molecule has 2 N–H and O–H groups in total. The van der Waals surface area contributed by atoms with E-state index in [0.717, 1.165) is 12.8 Å². The van der Waals surface area contributed by atoms with Crippen molar-refractivity contribution in [2.45, 2.75) is 32.7 Å². The van der Waals surface area contributed by atoms with Crippen LogP contribution in [0, 0.1) is 5.92 Å². The Kier molecular flexibility index (Phi) is 4.75. The van der Waals surface area contributed by atoms with E-state index in [9.17, 15) is 0 Å².